The van der Waals surface area contributed by atoms with E-state index in [2.05, 4.69) is 31.0 Å². The summed E-state index contributed by atoms with van der Waals surface area (Å²) < 4.78 is 1.75. The van der Waals surface area contributed by atoms with E-state index in [-0.39, 0.29) is 5.56 Å². The van der Waals surface area contributed by atoms with Crippen molar-refractivity contribution in [2.75, 3.05) is 0 Å². The van der Waals surface area contributed by atoms with Crippen LogP contribution in [0, 0.1) is 5.92 Å². The number of aromatic nitrogens is 2. The van der Waals surface area contributed by atoms with E-state index < -0.39 is 5.97 Å². The third-order valence-electron chi connectivity index (χ3n) is 3.61. The highest BCUT2D eigenvalue weighted by Gasteiger charge is 2.12. The Morgan fingerprint density at radius 3 is 2.59 bits per heavy atom. The summed E-state index contributed by atoms with van der Waals surface area (Å²) in [6.07, 6.45) is 4.72. The average molecular weight is 294 g/mol. The number of carboxylic acids is 1. The van der Waals surface area contributed by atoms with Crippen LogP contribution in [-0.4, -0.2) is 20.5 Å². The molecule has 0 unspecified atom stereocenters. The third kappa shape index (κ3) is 2.72. The van der Waals surface area contributed by atoms with E-state index in [1.54, 1.807) is 16.5 Å². The molecule has 0 aliphatic carbocycles. The van der Waals surface area contributed by atoms with Crippen LogP contribution >= 0.6 is 0 Å². The van der Waals surface area contributed by atoms with Crippen LogP contribution in [0.15, 0.2) is 48.8 Å². The molecule has 0 saturated heterocycles. The molecular formula is C18H18N2O2. The molecule has 4 heteroatoms. The molecule has 0 aliphatic heterocycles. The molecule has 0 aliphatic rings. The first-order chi connectivity index (χ1) is 10.5. The molecule has 0 amide bonds. The Balaban J connectivity index is 2.00. The second kappa shape index (κ2) is 5.64. The number of pyridine rings is 1. The molecule has 4 nitrogen and oxygen atoms in total. The van der Waals surface area contributed by atoms with Gasteiger partial charge in [-0.2, -0.15) is 0 Å². The number of imidazole rings is 1. The second-order valence-electron chi connectivity index (χ2n) is 5.88. The molecule has 2 aromatic heterocycles. The predicted molar refractivity (Wildman–Crippen MR) is 86.1 cm³/mol. The lowest BCUT2D eigenvalue weighted by molar-refractivity contribution is 0.0698. The quantitative estimate of drug-likeness (QED) is 0.794. The number of carboxylic acid groups (broad SMARTS) is 1. The highest BCUT2D eigenvalue weighted by atomic mass is 16.4. The fraction of sp³-hybridized carbons (Fsp3) is 0.222. The van der Waals surface area contributed by atoms with Crippen LogP contribution in [0.1, 0.15) is 29.8 Å². The van der Waals surface area contributed by atoms with Crippen molar-refractivity contribution in [3.8, 4) is 11.3 Å². The molecule has 0 radical (unpaired) electrons. The Labute approximate surface area is 129 Å². The van der Waals surface area contributed by atoms with Gasteiger partial charge < -0.3 is 9.51 Å². The molecule has 112 valence electrons. The monoisotopic (exact) mass is 294 g/mol. The standard InChI is InChI=1S/C18H18N2O2/c1-12(2)10-13-5-7-14(8-6-13)16-11-20-9-3-4-15(18(21)22)17(20)19-16/h3-9,11-12H,10H2,1-2H3,(H,21,22). The van der Waals surface area contributed by atoms with Gasteiger partial charge in [0.15, 0.2) is 5.65 Å². The normalized spacial score (nSPS) is 11.2. The van der Waals surface area contributed by atoms with Gasteiger partial charge in [-0.3, -0.25) is 0 Å². The van der Waals surface area contributed by atoms with Gasteiger partial charge in [-0.1, -0.05) is 38.1 Å². The molecule has 1 N–H and O–H groups in total. The van der Waals surface area contributed by atoms with Crippen molar-refractivity contribution in [2.24, 2.45) is 5.92 Å². The van der Waals surface area contributed by atoms with E-state index in [0.29, 0.717) is 11.6 Å². The number of fused-ring (bicyclic) bond motifs is 1. The first kappa shape index (κ1) is 14.3. The molecule has 22 heavy (non-hydrogen) atoms. The first-order valence-corrected chi connectivity index (χ1v) is 7.35. The van der Waals surface area contributed by atoms with Crippen molar-refractivity contribution in [1.82, 2.24) is 9.38 Å². The Morgan fingerprint density at radius 1 is 1.23 bits per heavy atom. The van der Waals surface area contributed by atoms with Crippen molar-refractivity contribution >= 4 is 11.6 Å². The fourth-order valence-corrected chi connectivity index (χ4v) is 2.60. The number of hydrogen-bond donors (Lipinski definition) is 1. The number of hydrogen-bond acceptors (Lipinski definition) is 2. The summed E-state index contributed by atoms with van der Waals surface area (Å²) in [6.45, 7) is 4.40. The Bertz CT molecular complexity index is 817. The molecule has 0 atom stereocenters. The number of aromatic carboxylic acids is 1. The van der Waals surface area contributed by atoms with Crippen LogP contribution in [0.2, 0.25) is 0 Å². The lowest BCUT2D eigenvalue weighted by Gasteiger charge is -2.05. The molecule has 1 aromatic carbocycles. The van der Waals surface area contributed by atoms with E-state index in [1.807, 2.05) is 24.5 Å². The zero-order chi connectivity index (χ0) is 15.7. The minimum Gasteiger partial charge on any atom is -0.478 e. The van der Waals surface area contributed by atoms with Crippen molar-refractivity contribution in [3.63, 3.8) is 0 Å². The topological polar surface area (TPSA) is 54.6 Å². The summed E-state index contributed by atoms with van der Waals surface area (Å²) in [7, 11) is 0. The molecule has 0 saturated carbocycles. The highest BCUT2D eigenvalue weighted by molar-refractivity contribution is 5.94. The van der Waals surface area contributed by atoms with E-state index >= 15 is 0 Å². The molecule has 0 bridgehead atoms. The lowest BCUT2D eigenvalue weighted by atomic mass is 10.0. The first-order valence-electron chi connectivity index (χ1n) is 7.35. The minimum atomic E-state index is -0.963. The summed E-state index contributed by atoms with van der Waals surface area (Å²) >= 11 is 0. The van der Waals surface area contributed by atoms with E-state index in [9.17, 15) is 9.90 Å². The summed E-state index contributed by atoms with van der Waals surface area (Å²) in [5.74, 6) is -0.339. The maximum Gasteiger partial charge on any atom is 0.339 e. The van der Waals surface area contributed by atoms with Gasteiger partial charge in [0.2, 0.25) is 0 Å². The predicted octanol–water partition coefficient (Wildman–Crippen LogP) is 3.90. The summed E-state index contributed by atoms with van der Waals surface area (Å²) in [4.78, 5) is 15.7. The molecule has 3 rings (SSSR count). The van der Waals surface area contributed by atoms with Crippen LogP contribution in [0.25, 0.3) is 16.9 Å². The molecule has 0 spiro atoms. The summed E-state index contributed by atoms with van der Waals surface area (Å²) in [5, 5.41) is 9.23. The summed E-state index contributed by atoms with van der Waals surface area (Å²) in [6, 6.07) is 11.6. The second-order valence-corrected chi connectivity index (χ2v) is 5.88. The van der Waals surface area contributed by atoms with E-state index in [0.717, 1.165) is 17.7 Å². The average Bonchev–Trinajstić information content (AvgIpc) is 2.90. The lowest BCUT2D eigenvalue weighted by Crippen LogP contribution is -1.99. The maximum absolute atomic E-state index is 11.3. The zero-order valence-corrected chi connectivity index (χ0v) is 12.7. The Morgan fingerprint density at radius 2 is 1.95 bits per heavy atom. The van der Waals surface area contributed by atoms with Gasteiger partial charge >= 0.3 is 5.97 Å². The molecular weight excluding hydrogens is 276 g/mol. The van der Waals surface area contributed by atoms with Crippen LogP contribution in [0.4, 0.5) is 0 Å². The smallest absolute Gasteiger partial charge is 0.339 e. The number of carbonyl (C=O) groups is 1. The Hall–Kier alpha value is -2.62. The van der Waals surface area contributed by atoms with Crippen LogP contribution < -0.4 is 0 Å². The molecule has 2 heterocycles. The summed E-state index contributed by atoms with van der Waals surface area (Å²) in [5.41, 5.74) is 3.76. The van der Waals surface area contributed by atoms with Crippen LogP contribution in [-0.2, 0) is 6.42 Å². The van der Waals surface area contributed by atoms with Gasteiger partial charge in [-0.25, -0.2) is 9.78 Å². The van der Waals surface area contributed by atoms with E-state index in [1.165, 1.54) is 5.56 Å². The number of nitrogens with zero attached hydrogens (tertiary/aromatic N) is 2. The maximum atomic E-state index is 11.3. The van der Waals surface area contributed by atoms with Gasteiger partial charge in [0.25, 0.3) is 0 Å². The minimum absolute atomic E-state index is 0.213. The fourth-order valence-electron chi connectivity index (χ4n) is 2.60. The van der Waals surface area contributed by atoms with Gasteiger partial charge in [0.05, 0.1) is 5.69 Å². The largest absolute Gasteiger partial charge is 0.478 e. The zero-order valence-electron chi connectivity index (χ0n) is 12.7. The highest BCUT2D eigenvalue weighted by Crippen LogP contribution is 2.22. The number of rotatable bonds is 4. The van der Waals surface area contributed by atoms with Crippen molar-refractivity contribution < 1.29 is 9.90 Å². The van der Waals surface area contributed by atoms with Crippen molar-refractivity contribution in [1.29, 1.82) is 0 Å². The SMILES string of the molecule is CC(C)Cc1ccc(-c2cn3cccc(C(=O)O)c3n2)cc1. The number of benzene rings is 1. The van der Waals surface area contributed by atoms with Gasteiger partial charge in [0.1, 0.15) is 5.56 Å². The van der Waals surface area contributed by atoms with Crippen LogP contribution in [0.5, 0.6) is 0 Å². The van der Waals surface area contributed by atoms with Gasteiger partial charge in [-0.05, 0) is 30.0 Å². The van der Waals surface area contributed by atoms with Gasteiger partial charge in [-0.15, -0.1) is 0 Å². The Kier molecular flexibility index (Phi) is 3.67. The van der Waals surface area contributed by atoms with Crippen molar-refractivity contribution in [3.05, 3.63) is 59.9 Å². The molecule has 0 fully saturated rings. The van der Waals surface area contributed by atoms with E-state index in [4.69, 9.17) is 0 Å². The third-order valence-corrected chi connectivity index (χ3v) is 3.61. The molecule has 3 aromatic rings. The van der Waals surface area contributed by atoms with Gasteiger partial charge in [0, 0.05) is 18.0 Å². The van der Waals surface area contributed by atoms with Crippen LogP contribution in [0.3, 0.4) is 0 Å². The van der Waals surface area contributed by atoms with Crippen molar-refractivity contribution in [2.45, 2.75) is 20.3 Å².